The van der Waals surface area contributed by atoms with Gasteiger partial charge in [0.1, 0.15) is 0 Å². The Morgan fingerprint density at radius 1 is 0.875 bits per heavy atom. The Kier molecular flexibility index (Phi) is 18.5. The molecule has 1 amide bonds. The number of allylic oxidation sites excluding steroid dienone is 4. The SMILES string of the molecule is C=CC(C)c1c(C2CCCCC2)c2ccc(C(=C)NS(=O)(=O)N3CCCCC3)cc2n1C/C(=C\C/C=C\C)C(=O)N1CCC(N2CCCCC2)CC1.CC.CC. The Balaban J connectivity index is 0.00000169. The number of aromatic nitrogens is 1. The quantitative estimate of drug-likeness (QED) is 0.162. The number of hydrogen-bond acceptors (Lipinski definition) is 4. The summed E-state index contributed by atoms with van der Waals surface area (Å²) in [6, 6.07) is 6.86. The Morgan fingerprint density at radius 2 is 1.48 bits per heavy atom. The summed E-state index contributed by atoms with van der Waals surface area (Å²) in [6.07, 6.45) is 23.8. The van der Waals surface area contributed by atoms with E-state index in [-0.39, 0.29) is 11.8 Å². The number of nitrogens with one attached hydrogen (secondary N) is 1. The largest absolute Gasteiger partial charge is 0.339 e. The van der Waals surface area contributed by atoms with Gasteiger partial charge in [-0.15, -0.1) is 6.58 Å². The summed E-state index contributed by atoms with van der Waals surface area (Å²) < 4.78 is 33.5. The van der Waals surface area contributed by atoms with E-state index in [0.717, 1.165) is 74.7 Å². The predicted octanol–water partition coefficient (Wildman–Crippen LogP) is 10.7. The second kappa shape index (κ2) is 22.7. The molecule has 1 saturated carbocycles. The first-order valence-corrected chi connectivity index (χ1v) is 23.7. The lowest BCUT2D eigenvalue weighted by atomic mass is 9.81. The Hall–Kier alpha value is -3.14. The van der Waals surface area contributed by atoms with Crippen LogP contribution in [0.25, 0.3) is 16.6 Å². The second-order valence-corrected chi connectivity index (χ2v) is 17.3. The first-order valence-electron chi connectivity index (χ1n) is 22.3. The minimum atomic E-state index is -3.70. The van der Waals surface area contributed by atoms with Crippen LogP contribution in [-0.4, -0.2) is 78.3 Å². The maximum absolute atomic E-state index is 14.5. The molecule has 0 radical (unpaired) electrons. The van der Waals surface area contributed by atoms with E-state index in [1.165, 1.54) is 72.6 Å². The molecular formula is C47H75N5O3S. The third-order valence-electron chi connectivity index (χ3n) is 12.2. The zero-order chi connectivity index (χ0) is 40.7. The zero-order valence-electron chi connectivity index (χ0n) is 36.0. The molecule has 312 valence electrons. The molecule has 6 rings (SSSR count). The molecule has 1 N–H and O–H groups in total. The molecule has 1 atom stereocenters. The fourth-order valence-corrected chi connectivity index (χ4v) is 10.5. The van der Waals surface area contributed by atoms with Gasteiger partial charge in [-0.05, 0) is 95.3 Å². The predicted molar refractivity (Wildman–Crippen MR) is 238 cm³/mol. The van der Waals surface area contributed by atoms with Gasteiger partial charge in [0.25, 0.3) is 5.91 Å². The van der Waals surface area contributed by atoms with Crippen LogP contribution in [0, 0.1) is 0 Å². The maximum atomic E-state index is 14.5. The van der Waals surface area contributed by atoms with Crippen molar-refractivity contribution in [3.8, 4) is 0 Å². The van der Waals surface area contributed by atoms with Crippen LogP contribution < -0.4 is 4.72 Å². The lowest BCUT2D eigenvalue weighted by Gasteiger charge is -2.40. The normalized spacial score (nSPS) is 20.2. The van der Waals surface area contributed by atoms with Crippen molar-refractivity contribution in [3.63, 3.8) is 0 Å². The number of amides is 1. The molecule has 1 aliphatic carbocycles. The fraction of sp³-hybridized carbons (Fsp3) is 0.638. The number of fused-ring (bicyclic) bond motifs is 1. The summed E-state index contributed by atoms with van der Waals surface area (Å²) >= 11 is 0. The molecular weight excluding hydrogens is 715 g/mol. The monoisotopic (exact) mass is 790 g/mol. The van der Waals surface area contributed by atoms with Crippen LogP contribution in [0.3, 0.4) is 0 Å². The molecule has 1 aromatic carbocycles. The lowest BCUT2D eigenvalue weighted by molar-refractivity contribution is -0.129. The van der Waals surface area contributed by atoms with Gasteiger partial charge in [0.05, 0.1) is 6.54 Å². The molecule has 4 aliphatic rings. The standard InChI is InChI=1S/C43H63N5O3S.2C2H6/c1-5-7-11-20-37(43(49)46-29-23-38(24-30-46)45-25-14-9-15-26-45)32-48-40-31-36(34(4)44-52(50,51)47-27-16-10-17-28-47)21-22-39(40)41(42(48)33(3)6-2)35-18-12-8-13-19-35;2*1-2/h5-7,20-22,31,33,35,38,44H,2,4,8-19,23-30,32H2,1,3H3;2*1-2H3/b7-5-,37-20+;;. The molecule has 2 aromatic rings. The van der Waals surface area contributed by atoms with Crippen molar-refractivity contribution < 1.29 is 13.2 Å². The van der Waals surface area contributed by atoms with E-state index >= 15 is 0 Å². The number of carbonyl (C=O) groups excluding carboxylic acids is 1. The van der Waals surface area contributed by atoms with Crippen molar-refractivity contribution in [2.45, 2.75) is 156 Å². The first-order chi connectivity index (χ1) is 27.2. The molecule has 4 heterocycles. The van der Waals surface area contributed by atoms with E-state index in [2.05, 4.69) is 63.5 Å². The molecule has 0 bridgehead atoms. The van der Waals surface area contributed by atoms with Crippen LogP contribution in [-0.2, 0) is 21.5 Å². The minimum Gasteiger partial charge on any atom is -0.339 e. The Bertz CT molecular complexity index is 1730. The summed E-state index contributed by atoms with van der Waals surface area (Å²) in [5, 5.41) is 1.19. The van der Waals surface area contributed by atoms with Crippen molar-refractivity contribution >= 4 is 32.7 Å². The average molecular weight is 790 g/mol. The molecule has 1 aromatic heterocycles. The highest BCUT2D eigenvalue weighted by atomic mass is 32.2. The fourth-order valence-electron chi connectivity index (χ4n) is 9.22. The number of likely N-dealkylation sites (tertiary alicyclic amines) is 2. The van der Waals surface area contributed by atoms with Crippen molar-refractivity contribution in [2.75, 3.05) is 39.3 Å². The van der Waals surface area contributed by atoms with Gasteiger partial charge in [-0.1, -0.05) is 110 Å². The van der Waals surface area contributed by atoms with Gasteiger partial charge in [-0.3, -0.25) is 9.52 Å². The van der Waals surface area contributed by atoms with Gasteiger partial charge in [-0.25, -0.2) is 0 Å². The van der Waals surface area contributed by atoms with E-state index < -0.39 is 10.2 Å². The van der Waals surface area contributed by atoms with Crippen LogP contribution in [0.5, 0.6) is 0 Å². The number of nitrogens with zero attached hydrogens (tertiary/aromatic N) is 4. The highest BCUT2D eigenvalue weighted by Crippen LogP contribution is 2.44. The first kappa shape index (κ1) is 45.6. The average Bonchev–Trinajstić information content (AvgIpc) is 3.58. The van der Waals surface area contributed by atoms with Crippen LogP contribution in [0.4, 0.5) is 0 Å². The van der Waals surface area contributed by atoms with E-state index in [4.69, 9.17) is 0 Å². The number of hydrogen-bond donors (Lipinski definition) is 1. The van der Waals surface area contributed by atoms with Gasteiger partial charge in [0.15, 0.2) is 0 Å². The second-order valence-electron chi connectivity index (χ2n) is 15.7. The summed E-state index contributed by atoms with van der Waals surface area (Å²) in [7, 11) is -3.70. The molecule has 56 heavy (non-hydrogen) atoms. The third kappa shape index (κ3) is 11.3. The molecule has 3 aliphatic heterocycles. The van der Waals surface area contributed by atoms with Crippen molar-refractivity contribution in [3.05, 3.63) is 78.1 Å². The molecule has 9 heteroatoms. The van der Waals surface area contributed by atoms with Crippen LogP contribution in [0.2, 0.25) is 0 Å². The van der Waals surface area contributed by atoms with Crippen molar-refractivity contribution in [2.24, 2.45) is 0 Å². The molecule has 1 unspecified atom stereocenters. The van der Waals surface area contributed by atoms with Crippen LogP contribution >= 0.6 is 0 Å². The molecule has 3 saturated heterocycles. The van der Waals surface area contributed by atoms with Gasteiger partial charge in [0, 0.05) is 71.6 Å². The molecule has 4 fully saturated rings. The summed E-state index contributed by atoms with van der Waals surface area (Å²) in [5.41, 5.74) is 5.54. The van der Waals surface area contributed by atoms with Crippen molar-refractivity contribution in [1.29, 1.82) is 0 Å². The van der Waals surface area contributed by atoms with Crippen LogP contribution in [0.15, 0.2) is 61.2 Å². The Morgan fingerprint density at radius 3 is 2.09 bits per heavy atom. The van der Waals surface area contributed by atoms with Gasteiger partial charge < -0.3 is 14.4 Å². The smallest absolute Gasteiger partial charge is 0.301 e. The number of carbonyl (C=O) groups is 1. The highest BCUT2D eigenvalue weighted by molar-refractivity contribution is 7.87. The van der Waals surface area contributed by atoms with E-state index in [1.807, 2.05) is 52.8 Å². The lowest BCUT2D eigenvalue weighted by Crippen LogP contribution is -2.48. The number of benzene rings is 1. The van der Waals surface area contributed by atoms with Gasteiger partial charge in [-0.2, -0.15) is 12.7 Å². The van der Waals surface area contributed by atoms with Crippen molar-refractivity contribution in [1.82, 2.24) is 23.4 Å². The number of piperidine rings is 3. The van der Waals surface area contributed by atoms with E-state index in [1.54, 1.807) is 0 Å². The van der Waals surface area contributed by atoms with Gasteiger partial charge in [0.2, 0.25) is 0 Å². The summed E-state index contributed by atoms with van der Waals surface area (Å²) in [5.74, 6) is 0.636. The summed E-state index contributed by atoms with van der Waals surface area (Å²) in [4.78, 5) is 19.3. The minimum absolute atomic E-state index is 0.0701. The summed E-state index contributed by atoms with van der Waals surface area (Å²) in [6.45, 7) is 26.2. The Labute approximate surface area is 341 Å². The molecule has 0 spiro atoms. The topological polar surface area (TPSA) is 77.9 Å². The van der Waals surface area contributed by atoms with E-state index in [0.29, 0.717) is 43.7 Å². The van der Waals surface area contributed by atoms with E-state index in [9.17, 15) is 13.2 Å². The van der Waals surface area contributed by atoms with Gasteiger partial charge >= 0.3 is 10.2 Å². The van der Waals surface area contributed by atoms with Crippen LogP contribution in [0.1, 0.15) is 160 Å². The maximum Gasteiger partial charge on any atom is 0.301 e. The number of rotatable bonds is 13. The zero-order valence-corrected chi connectivity index (χ0v) is 36.8. The third-order valence-corrected chi connectivity index (χ3v) is 13.7. The highest BCUT2D eigenvalue weighted by Gasteiger charge is 2.32. The molecule has 8 nitrogen and oxygen atoms in total.